The Labute approximate surface area is 166 Å². The van der Waals surface area contributed by atoms with E-state index in [2.05, 4.69) is 15.2 Å². The van der Waals surface area contributed by atoms with Crippen LogP contribution in [0, 0.1) is 12.7 Å². The molecule has 0 amide bonds. The average molecular weight is 463 g/mol. The molecule has 140 valence electrons. The molecule has 0 aromatic heterocycles. The molecule has 2 aliphatic heterocycles. The Balaban J connectivity index is 0.00000225. The highest BCUT2D eigenvalue weighted by molar-refractivity contribution is 14.0. The van der Waals surface area contributed by atoms with Crippen LogP contribution in [0.5, 0.6) is 0 Å². The van der Waals surface area contributed by atoms with Crippen molar-refractivity contribution >= 4 is 29.9 Å². The molecule has 0 bridgehead atoms. The summed E-state index contributed by atoms with van der Waals surface area (Å²) >= 11 is 0. The van der Waals surface area contributed by atoms with E-state index in [-0.39, 0.29) is 42.0 Å². The minimum absolute atomic E-state index is 0. The molecule has 2 saturated heterocycles. The predicted molar refractivity (Wildman–Crippen MR) is 107 cm³/mol. The Hall–Kier alpha value is -0.930. The second-order valence-corrected chi connectivity index (χ2v) is 6.39. The summed E-state index contributed by atoms with van der Waals surface area (Å²) in [4.78, 5) is 6.60. The van der Waals surface area contributed by atoms with Crippen molar-refractivity contribution in [1.29, 1.82) is 0 Å². The Morgan fingerprint density at radius 2 is 2.12 bits per heavy atom. The van der Waals surface area contributed by atoms with Crippen LogP contribution in [0.4, 0.5) is 4.39 Å². The van der Waals surface area contributed by atoms with Crippen LogP contribution in [0.1, 0.15) is 24.0 Å². The molecule has 2 fully saturated rings. The van der Waals surface area contributed by atoms with E-state index >= 15 is 0 Å². The normalized spacial score (nSPS) is 24.1. The van der Waals surface area contributed by atoms with Gasteiger partial charge in [-0.2, -0.15) is 0 Å². The molecule has 0 saturated carbocycles. The van der Waals surface area contributed by atoms with Gasteiger partial charge in [-0.25, -0.2) is 4.39 Å². The number of ether oxygens (including phenoxy) is 2. The van der Waals surface area contributed by atoms with E-state index in [1.54, 1.807) is 20.0 Å². The minimum atomic E-state index is -0.171. The van der Waals surface area contributed by atoms with Crippen LogP contribution in [-0.4, -0.2) is 56.4 Å². The van der Waals surface area contributed by atoms with Crippen molar-refractivity contribution in [2.75, 3.05) is 33.4 Å². The van der Waals surface area contributed by atoms with Crippen molar-refractivity contribution in [3.63, 3.8) is 0 Å². The van der Waals surface area contributed by atoms with E-state index < -0.39 is 0 Å². The van der Waals surface area contributed by atoms with Gasteiger partial charge in [-0.05, 0) is 37.0 Å². The highest BCUT2D eigenvalue weighted by Crippen LogP contribution is 2.21. The molecule has 0 radical (unpaired) electrons. The van der Waals surface area contributed by atoms with E-state index in [0.717, 1.165) is 44.1 Å². The number of aryl methyl sites for hydroxylation is 1. The Morgan fingerprint density at radius 3 is 2.80 bits per heavy atom. The van der Waals surface area contributed by atoms with Gasteiger partial charge in [-0.1, -0.05) is 12.1 Å². The van der Waals surface area contributed by atoms with Crippen molar-refractivity contribution in [3.05, 3.63) is 35.1 Å². The van der Waals surface area contributed by atoms with Gasteiger partial charge in [0, 0.05) is 33.3 Å². The van der Waals surface area contributed by atoms with Crippen LogP contribution in [0.15, 0.2) is 23.2 Å². The van der Waals surface area contributed by atoms with Gasteiger partial charge in [0.2, 0.25) is 0 Å². The lowest BCUT2D eigenvalue weighted by atomic mass is 10.1. The molecule has 7 heteroatoms. The van der Waals surface area contributed by atoms with Crippen molar-refractivity contribution < 1.29 is 13.9 Å². The molecular formula is C18H27FIN3O2. The highest BCUT2D eigenvalue weighted by atomic mass is 127. The lowest BCUT2D eigenvalue weighted by Crippen LogP contribution is -2.53. The number of aliphatic imine (C=N–C) groups is 1. The van der Waals surface area contributed by atoms with Gasteiger partial charge in [0.15, 0.2) is 5.96 Å². The number of nitrogens with one attached hydrogen (secondary N) is 1. The van der Waals surface area contributed by atoms with Crippen molar-refractivity contribution in [3.8, 4) is 0 Å². The zero-order chi connectivity index (χ0) is 16.9. The first-order valence-electron chi connectivity index (χ1n) is 8.61. The second kappa shape index (κ2) is 9.68. The van der Waals surface area contributed by atoms with Crippen LogP contribution >= 0.6 is 24.0 Å². The fourth-order valence-electron chi connectivity index (χ4n) is 3.32. The zero-order valence-electron chi connectivity index (χ0n) is 14.8. The van der Waals surface area contributed by atoms with E-state index in [4.69, 9.17) is 9.47 Å². The molecular weight excluding hydrogens is 436 g/mol. The van der Waals surface area contributed by atoms with Crippen LogP contribution in [-0.2, 0) is 16.0 Å². The smallest absolute Gasteiger partial charge is 0.194 e. The van der Waals surface area contributed by atoms with Gasteiger partial charge in [0.05, 0.1) is 12.7 Å². The first-order chi connectivity index (χ1) is 11.7. The summed E-state index contributed by atoms with van der Waals surface area (Å²) in [6.07, 6.45) is 2.49. The number of guanidine groups is 1. The van der Waals surface area contributed by atoms with Crippen LogP contribution in [0.25, 0.3) is 0 Å². The summed E-state index contributed by atoms with van der Waals surface area (Å²) in [6.45, 7) is 5.51. The number of morpholine rings is 1. The Bertz CT molecular complexity index is 594. The van der Waals surface area contributed by atoms with E-state index in [1.165, 1.54) is 6.07 Å². The Morgan fingerprint density at radius 1 is 1.32 bits per heavy atom. The van der Waals surface area contributed by atoms with Gasteiger partial charge in [-0.15, -0.1) is 24.0 Å². The monoisotopic (exact) mass is 463 g/mol. The molecule has 2 heterocycles. The molecule has 2 unspecified atom stereocenters. The first kappa shape index (κ1) is 20.4. The van der Waals surface area contributed by atoms with Crippen LogP contribution in [0.2, 0.25) is 0 Å². The molecule has 25 heavy (non-hydrogen) atoms. The molecule has 1 N–H and O–H groups in total. The second-order valence-electron chi connectivity index (χ2n) is 6.39. The lowest BCUT2D eigenvalue weighted by molar-refractivity contribution is -0.0817. The fraction of sp³-hybridized carbons (Fsp3) is 0.611. The molecule has 0 aliphatic carbocycles. The SMILES string of the molecule is CN=C(NCc1ccc(F)c(C)c1)N1CCOC(C2CCCO2)C1.I. The third-order valence-corrected chi connectivity index (χ3v) is 4.66. The summed E-state index contributed by atoms with van der Waals surface area (Å²) in [5, 5.41) is 3.37. The summed E-state index contributed by atoms with van der Waals surface area (Å²) in [5.74, 6) is 0.680. The molecule has 2 aliphatic rings. The van der Waals surface area contributed by atoms with Crippen LogP contribution < -0.4 is 5.32 Å². The predicted octanol–water partition coefficient (Wildman–Crippen LogP) is 2.71. The van der Waals surface area contributed by atoms with Gasteiger partial charge in [0.25, 0.3) is 0 Å². The number of nitrogens with zero attached hydrogens (tertiary/aromatic N) is 2. The number of hydrogen-bond acceptors (Lipinski definition) is 3. The summed E-state index contributed by atoms with van der Waals surface area (Å²) in [5.41, 5.74) is 1.70. The summed E-state index contributed by atoms with van der Waals surface area (Å²) in [6, 6.07) is 5.18. The molecule has 1 aromatic rings. The third kappa shape index (κ3) is 5.27. The molecule has 2 atom stereocenters. The van der Waals surface area contributed by atoms with Gasteiger partial charge < -0.3 is 19.7 Å². The number of halogens is 2. The van der Waals surface area contributed by atoms with Crippen molar-refractivity contribution in [1.82, 2.24) is 10.2 Å². The molecule has 5 nitrogen and oxygen atoms in total. The highest BCUT2D eigenvalue weighted by Gasteiger charge is 2.32. The maximum atomic E-state index is 13.4. The van der Waals surface area contributed by atoms with Gasteiger partial charge >= 0.3 is 0 Å². The number of rotatable bonds is 3. The van der Waals surface area contributed by atoms with Crippen molar-refractivity contribution in [2.24, 2.45) is 4.99 Å². The summed E-state index contributed by atoms with van der Waals surface area (Å²) in [7, 11) is 1.79. The third-order valence-electron chi connectivity index (χ3n) is 4.66. The van der Waals surface area contributed by atoms with Gasteiger partial charge in [0.1, 0.15) is 11.9 Å². The fourth-order valence-corrected chi connectivity index (χ4v) is 3.32. The Kier molecular flexibility index (Phi) is 7.89. The first-order valence-corrected chi connectivity index (χ1v) is 8.61. The quantitative estimate of drug-likeness (QED) is 0.426. The number of hydrogen-bond donors (Lipinski definition) is 1. The standard InChI is InChI=1S/C18H26FN3O2.HI/c1-13-10-14(5-6-15(13)19)11-21-18(20-2)22-7-9-24-17(12-22)16-4-3-8-23-16;/h5-6,10,16-17H,3-4,7-9,11-12H2,1-2H3,(H,20,21);1H. The summed E-state index contributed by atoms with van der Waals surface area (Å²) < 4.78 is 25.0. The minimum Gasteiger partial charge on any atom is -0.375 e. The van der Waals surface area contributed by atoms with E-state index in [1.807, 2.05) is 6.07 Å². The topological polar surface area (TPSA) is 46.1 Å². The van der Waals surface area contributed by atoms with Crippen molar-refractivity contribution in [2.45, 2.75) is 38.5 Å². The lowest BCUT2D eigenvalue weighted by Gasteiger charge is -2.37. The number of benzene rings is 1. The van der Waals surface area contributed by atoms with E-state index in [9.17, 15) is 4.39 Å². The average Bonchev–Trinajstić information content (AvgIpc) is 3.13. The van der Waals surface area contributed by atoms with Crippen LogP contribution in [0.3, 0.4) is 0 Å². The van der Waals surface area contributed by atoms with E-state index in [0.29, 0.717) is 18.7 Å². The largest absolute Gasteiger partial charge is 0.375 e. The van der Waals surface area contributed by atoms with Gasteiger partial charge in [-0.3, -0.25) is 4.99 Å². The molecule has 3 rings (SSSR count). The zero-order valence-corrected chi connectivity index (χ0v) is 17.2. The maximum absolute atomic E-state index is 13.4. The maximum Gasteiger partial charge on any atom is 0.194 e. The molecule has 0 spiro atoms. The molecule has 1 aromatic carbocycles.